The number of nitrogens with two attached hydrogens (primary N) is 1. The van der Waals surface area contributed by atoms with Crippen molar-refractivity contribution in [3.8, 4) is 5.75 Å². The van der Waals surface area contributed by atoms with Crippen LogP contribution in [0.2, 0.25) is 0 Å². The summed E-state index contributed by atoms with van der Waals surface area (Å²) in [4.78, 5) is 2.05. The van der Waals surface area contributed by atoms with Crippen LogP contribution in [0.1, 0.15) is 19.3 Å². The summed E-state index contributed by atoms with van der Waals surface area (Å²) in [6.07, 6.45) is 3.95. The number of anilines is 2. The number of hydrogen-bond donors (Lipinski definition) is 1. The molecule has 0 saturated heterocycles. The first-order valence-corrected chi connectivity index (χ1v) is 5.86. The molecule has 0 heterocycles. The summed E-state index contributed by atoms with van der Waals surface area (Å²) in [5.41, 5.74) is 7.74. The van der Waals surface area contributed by atoms with Crippen molar-refractivity contribution >= 4 is 11.4 Å². The second-order valence-corrected chi connectivity index (χ2v) is 4.72. The van der Waals surface area contributed by atoms with Gasteiger partial charge in [0.05, 0.1) is 12.3 Å². The Balaban J connectivity index is 2.02. The molecule has 0 amide bonds. The molecule has 0 spiro atoms. The molecule has 1 aliphatic carbocycles. The van der Waals surface area contributed by atoms with Gasteiger partial charge in [0.1, 0.15) is 5.75 Å². The Labute approximate surface area is 97.2 Å². The van der Waals surface area contributed by atoms with E-state index in [4.69, 9.17) is 10.5 Å². The molecule has 3 heteroatoms. The Morgan fingerprint density at radius 3 is 2.69 bits per heavy atom. The van der Waals surface area contributed by atoms with Crippen LogP contribution in [0.3, 0.4) is 0 Å². The molecule has 1 saturated carbocycles. The minimum atomic E-state index is 0.727. The van der Waals surface area contributed by atoms with E-state index in [9.17, 15) is 0 Å². The normalized spacial score (nSPS) is 15.6. The van der Waals surface area contributed by atoms with Gasteiger partial charge in [-0.1, -0.05) is 6.42 Å². The number of benzene rings is 1. The van der Waals surface area contributed by atoms with Gasteiger partial charge in [-0.2, -0.15) is 0 Å². The van der Waals surface area contributed by atoms with Gasteiger partial charge in [0.2, 0.25) is 0 Å². The van der Waals surface area contributed by atoms with E-state index in [0.29, 0.717) is 0 Å². The Hall–Kier alpha value is -1.38. The maximum atomic E-state index is 5.89. The summed E-state index contributed by atoms with van der Waals surface area (Å²) in [7, 11) is 4.03. The van der Waals surface area contributed by atoms with Gasteiger partial charge in [-0.3, -0.25) is 0 Å². The lowest BCUT2D eigenvalue weighted by Crippen LogP contribution is -2.19. The van der Waals surface area contributed by atoms with Crippen molar-refractivity contribution < 1.29 is 4.74 Å². The number of hydrogen-bond acceptors (Lipinski definition) is 3. The zero-order chi connectivity index (χ0) is 11.5. The summed E-state index contributed by atoms with van der Waals surface area (Å²) in [6.45, 7) is 0.807. The first kappa shape index (κ1) is 11.1. The topological polar surface area (TPSA) is 38.5 Å². The van der Waals surface area contributed by atoms with Crippen molar-refractivity contribution in [1.82, 2.24) is 0 Å². The molecule has 0 aliphatic heterocycles. The summed E-state index contributed by atoms with van der Waals surface area (Å²) in [6, 6.07) is 5.92. The Morgan fingerprint density at radius 1 is 1.38 bits per heavy atom. The first-order chi connectivity index (χ1) is 7.66. The molecule has 2 rings (SSSR count). The molecule has 0 unspecified atom stereocenters. The summed E-state index contributed by atoms with van der Waals surface area (Å²) in [5.74, 6) is 1.56. The van der Waals surface area contributed by atoms with Gasteiger partial charge in [0.15, 0.2) is 0 Å². The zero-order valence-corrected chi connectivity index (χ0v) is 10.1. The van der Waals surface area contributed by atoms with Crippen LogP contribution < -0.4 is 15.4 Å². The van der Waals surface area contributed by atoms with E-state index in [1.807, 2.05) is 32.3 Å². The summed E-state index contributed by atoms with van der Waals surface area (Å²) < 4.78 is 5.78. The van der Waals surface area contributed by atoms with E-state index < -0.39 is 0 Å². The average Bonchev–Trinajstić information content (AvgIpc) is 2.18. The highest BCUT2D eigenvalue weighted by Gasteiger charge is 2.18. The van der Waals surface area contributed by atoms with E-state index in [1.165, 1.54) is 19.3 Å². The van der Waals surface area contributed by atoms with Crippen molar-refractivity contribution in [2.45, 2.75) is 19.3 Å². The highest BCUT2D eigenvalue weighted by molar-refractivity contribution is 5.61. The van der Waals surface area contributed by atoms with E-state index in [2.05, 4.69) is 4.90 Å². The van der Waals surface area contributed by atoms with Crippen molar-refractivity contribution in [1.29, 1.82) is 0 Å². The second kappa shape index (κ2) is 4.64. The molecule has 1 aromatic rings. The highest BCUT2D eigenvalue weighted by atomic mass is 16.5. The van der Waals surface area contributed by atoms with Gasteiger partial charge in [-0.25, -0.2) is 0 Å². The van der Waals surface area contributed by atoms with Crippen LogP contribution in [0, 0.1) is 5.92 Å². The number of ether oxygens (including phenoxy) is 1. The lowest BCUT2D eigenvalue weighted by atomic mass is 9.86. The molecule has 0 atom stereocenters. The van der Waals surface area contributed by atoms with E-state index in [1.54, 1.807) is 0 Å². The number of rotatable bonds is 4. The van der Waals surface area contributed by atoms with Gasteiger partial charge < -0.3 is 15.4 Å². The fourth-order valence-electron chi connectivity index (χ4n) is 1.79. The predicted molar refractivity (Wildman–Crippen MR) is 68.0 cm³/mol. The first-order valence-electron chi connectivity index (χ1n) is 5.86. The quantitative estimate of drug-likeness (QED) is 0.792. The molecule has 1 aliphatic rings. The molecule has 0 bridgehead atoms. The monoisotopic (exact) mass is 220 g/mol. The largest absolute Gasteiger partial charge is 0.491 e. The Kier molecular flexibility index (Phi) is 3.22. The van der Waals surface area contributed by atoms with Gasteiger partial charge in [0, 0.05) is 25.8 Å². The lowest BCUT2D eigenvalue weighted by molar-refractivity contribution is 0.181. The maximum Gasteiger partial charge on any atom is 0.144 e. The third-order valence-electron chi connectivity index (χ3n) is 3.21. The molecule has 3 nitrogen and oxygen atoms in total. The molecule has 0 radical (unpaired) electrons. The van der Waals surface area contributed by atoms with Gasteiger partial charge in [0.25, 0.3) is 0 Å². The fraction of sp³-hybridized carbons (Fsp3) is 0.538. The van der Waals surface area contributed by atoms with Gasteiger partial charge in [-0.05, 0) is 30.9 Å². The molecular weight excluding hydrogens is 200 g/mol. The predicted octanol–water partition coefficient (Wildman–Crippen LogP) is 2.51. The molecular formula is C13H20N2O. The van der Waals surface area contributed by atoms with Crippen molar-refractivity contribution in [2.24, 2.45) is 5.92 Å². The van der Waals surface area contributed by atoms with Crippen LogP contribution in [0.15, 0.2) is 18.2 Å². The van der Waals surface area contributed by atoms with Gasteiger partial charge >= 0.3 is 0 Å². The number of nitrogens with zero attached hydrogens (tertiary/aromatic N) is 1. The highest BCUT2D eigenvalue weighted by Crippen LogP contribution is 2.30. The summed E-state index contributed by atoms with van der Waals surface area (Å²) >= 11 is 0. The van der Waals surface area contributed by atoms with E-state index in [-0.39, 0.29) is 0 Å². The Bertz CT molecular complexity index is 359. The minimum Gasteiger partial charge on any atom is -0.491 e. The van der Waals surface area contributed by atoms with Crippen LogP contribution in [0.4, 0.5) is 11.4 Å². The smallest absolute Gasteiger partial charge is 0.144 e. The lowest BCUT2D eigenvalue weighted by Gasteiger charge is -2.25. The van der Waals surface area contributed by atoms with E-state index >= 15 is 0 Å². The standard InChI is InChI=1S/C13H20N2O/c1-15(2)11-6-7-12(14)13(8-11)16-9-10-4-3-5-10/h6-8,10H,3-5,9,14H2,1-2H3. The third kappa shape index (κ3) is 2.40. The molecule has 16 heavy (non-hydrogen) atoms. The summed E-state index contributed by atoms with van der Waals surface area (Å²) in [5, 5.41) is 0. The van der Waals surface area contributed by atoms with Crippen LogP contribution in [0.5, 0.6) is 5.75 Å². The van der Waals surface area contributed by atoms with Crippen LogP contribution >= 0.6 is 0 Å². The fourth-order valence-corrected chi connectivity index (χ4v) is 1.79. The van der Waals surface area contributed by atoms with Crippen molar-refractivity contribution in [3.05, 3.63) is 18.2 Å². The molecule has 1 aromatic carbocycles. The second-order valence-electron chi connectivity index (χ2n) is 4.72. The van der Waals surface area contributed by atoms with Crippen molar-refractivity contribution in [2.75, 3.05) is 31.3 Å². The van der Waals surface area contributed by atoms with Crippen LogP contribution in [-0.2, 0) is 0 Å². The van der Waals surface area contributed by atoms with Crippen LogP contribution in [0.25, 0.3) is 0 Å². The van der Waals surface area contributed by atoms with Crippen LogP contribution in [-0.4, -0.2) is 20.7 Å². The molecule has 0 aromatic heterocycles. The zero-order valence-electron chi connectivity index (χ0n) is 10.1. The maximum absolute atomic E-state index is 5.89. The minimum absolute atomic E-state index is 0.727. The van der Waals surface area contributed by atoms with Crippen molar-refractivity contribution in [3.63, 3.8) is 0 Å². The molecule has 1 fully saturated rings. The van der Waals surface area contributed by atoms with Gasteiger partial charge in [-0.15, -0.1) is 0 Å². The molecule has 88 valence electrons. The SMILES string of the molecule is CN(C)c1ccc(N)c(OCC2CCC2)c1. The molecule has 2 N–H and O–H groups in total. The Morgan fingerprint density at radius 2 is 2.12 bits per heavy atom. The third-order valence-corrected chi connectivity index (χ3v) is 3.21. The average molecular weight is 220 g/mol. The number of nitrogen functional groups attached to an aromatic ring is 1. The van der Waals surface area contributed by atoms with E-state index in [0.717, 1.165) is 29.6 Å².